The number of carboxylic acids is 1. The van der Waals surface area contributed by atoms with Crippen LogP contribution in [0.3, 0.4) is 0 Å². The van der Waals surface area contributed by atoms with Gasteiger partial charge in [0.1, 0.15) is 12.3 Å². The van der Waals surface area contributed by atoms with Gasteiger partial charge in [-0.15, -0.1) is 0 Å². The van der Waals surface area contributed by atoms with E-state index in [1.807, 2.05) is 9.80 Å². The van der Waals surface area contributed by atoms with E-state index in [1.54, 1.807) is 0 Å². The normalized spacial score (nSPS) is 38.5. The molecule has 2 saturated carbocycles. The number of hydrogen-bond donors (Lipinski definition) is 3. The number of carbonyl (C=O) groups excluding carboxylic acids is 2. The number of amides is 2. The maximum Gasteiger partial charge on any atom is 0.490 e. The molecule has 0 spiro atoms. The van der Waals surface area contributed by atoms with Gasteiger partial charge in [0.25, 0.3) is 0 Å². The fourth-order valence-corrected chi connectivity index (χ4v) is 5.38. The molecule has 0 aromatic rings. The molecule has 6 rings (SSSR count). The summed E-state index contributed by atoms with van der Waals surface area (Å²) < 4.78 is 57.2. The molecular weight excluding hydrogens is 479 g/mol. The Morgan fingerprint density at radius 3 is 1.14 bits per heavy atom. The second-order valence-electron chi connectivity index (χ2n) is 10.4. The van der Waals surface area contributed by atoms with Crippen LogP contribution in [0.2, 0.25) is 0 Å². The summed E-state index contributed by atoms with van der Waals surface area (Å²) in [5, 5.41) is 13.8. The Morgan fingerprint density at radius 1 is 0.686 bits per heavy atom. The highest BCUT2D eigenvalue weighted by molar-refractivity contribution is 5.83. The molecule has 0 bridgehead atoms. The van der Waals surface area contributed by atoms with E-state index < -0.39 is 24.5 Å². The van der Waals surface area contributed by atoms with E-state index in [0.717, 1.165) is 52.4 Å². The molecule has 35 heavy (non-hydrogen) atoms. The maximum atomic E-state index is 12.7. The number of aliphatic carboxylic acids is 1. The monoisotopic (exact) mass is 510 g/mol. The summed E-state index contributed by atoms with van der Waals surface area (Å²) in [6.45, 7) is 7.49. The minimum Gasteiger partial charge on any atom is -0.475 e. The van der Waals surface area contributed by atoms with E-state index in [0.29, 0.717) is 36.5 Å². The zero-order valence-electron chi connectivity index (χ0n) is 19.1. The maximum absolute atomic E-state index is 12.7. The first kappa shape index (κ1) is 26.1. The number of hydrogen-bond acceptors (Lipinski definition) is 5. The summed E-state index contributed by atoms with van der Waals surface area (Å²) in [6, 6.07) is 0. The van der Waals surface area contributed by atoms with E-state index >= 15 is 0 Å². The SMILES string of the molecule is O=C(O)C(F)(F)F.O=C([C@@H]1C[C@@H]1F)N1CC2CNCC2C1.O=C([C@@H]1C[C@@H]1F)N1CC2CNCC2C1. The number of nitrogens with zero attached hydrogens (tertiary/aromatic N) is 2. The Balaban J connectivity index is 0.000000132. The molecule has 0 aromatic carbocycles. The van der Waals surface area contributed by atoms with Crippen molar-refractivity contribution < 1.29 is 41.4 Å². The van der Waals surface area contributed by atoms with Crippen molar-refractivity contribution in [2.24, 2.45) is 35.5 Å². The zero-order chi connectivity index (χ0) is 25.5. The van der Waals surface area contributed by atoms with Gasteiger partial charge in [-0.25, -0.2) is 13.6 Å². The van der Waals surface area contributed by atoms with E-state index in [1.165, 1.54) is 0 Å². The fraction of sp³-hybridized carbons (Fsp3) is 0.864. The molecule has 4 aliphatic heterocycles. The molecule has 0 radical (unpaired) electrons. The Kier molecular flexibility index (Phi) is 7.56. The van der Waals surface area contributed by atoms with Crippen molar-refractivity contribution in [3.05, 3.63) is 0 Å². The fourth-order valence-electron chi connectivity index (χ4n) is 5.38. The molecule has 8 nitrogen and oxygen atoms in total. The molecule has 2 amide bonds. The molecule has 2 aliphatic carbocycles. The van der Waals surface area contributed by atoms with Crippen molar-refractivity contribution >= 4 is 17.8 Å². The van der Waals surface area contributed by atoms with Gasteiger partial charge in [0, 0.05) is 52.4 Å². The third kappa shape index (κ3) is 6.22. The smallest absolute Gasteiger partial charge is 0.475 e. The summed E-state index contributed by atoms with van der Waals surface area (Å²) in [5.41, 5.74) is 0. The molecule has 198 valence electrons. The molecule has 0 aromatic heterocycles. The summed E-state index contributed by atoms with van der Waals surface area (Å²) in [6.07, 6.45) is -5.85. The molecule has 6 fully saturated rings. The third-order valence-electron chi connectivity index (χ3n) is 7.70. The van der Waals surface area contributed by atoms with E-state index in [9.17, 15) is 31.5 Å². The van der Waals surface area contributed by atoms with Gasteiger partial charge in [0.15, 0.2) is 0 Å². The molecule has 8 atom stereocenters. The molecule has 4 heterocycles. The van der Waals surface area contributed by atoms with Gasteiger partial charge in [-0.2, -0.15) is 13.2 Å². The summed E-state index contributed by atoms with van der Waals surface area (Å²) in [5.74, 6) is -0.729. The van der Waals surface area contributed by atoms with Crippen LogP contribution in [0.25, 0.3) is 0 Å². The average Bonchev–Trinajstić information content (AvgIpc) is 3.35. The van der Waals surface area contributed by atoms with Crippen LogP contribution in [-0.2, 0) is 14.4 Å². The number of likely N-dealkylation sites (tertiary alicyclic amines) is 2. The Hall–Kier alpha value is -2.02. The molecule has 4 saturated heterocycles. The number of carboxylic acid groups (broad SMARTS) is 1. The van der Waals surface area contributed by atoms with Crippen molar-refractivity contribution in [3.8, 4) is 0 Å². The summed E-state index contributed by atoms with van der Waals surface area (Å²) in [7, 11) is 0. The number of nitrogens with one attached hydrogen (secondary N) is 2. The first-order chi connectivity index (χ1) is 16.5. The standard InChI is InChI=1S/2C10H15FN2O.C2HF3O2/c2*11-9-1-8(9)10(14)13-4-6-2-12-3-7(6)5-13;3-2(4,5)1(6)7/h2*6-9,12H,1-5H2;(H,6,7)/t2*6?,7?,8-,9+;/m11./s1. The van der Waals surface area contributed by atoms with Crippen molar-refractivity contribution in [1.29, 1.82) is 0 Å². The zero-order valence-corrected chi connectivity index (χ0v) is 19.1. The van der Waals surface area contributed by atoms with Gasteiger partial charge >= 0.3 is 12.1 Å². The van der Waals surface area contributed by atoms with Crippen molar-refractivity contribution in [1.82, 2.24) is 20.4 Å². The molecule has 13 heteroatoms. The van der Waals surface area contributed by atoms with Gasteiger partial charge in [0.2, 0.25) is 11.8 Å². The van der Waals surface area contributed by atoms with E-state index in [2.05, 4.69) is 10.6 Å². The minimum absolute atomic E-state index is 0.0619. The highest BCUT2D eigenvalue weighted by Gasteiger charge is 2.49. The number of halogens is 5. The lowest BCUT2D eigenvalue weighted by Gasteiger charge is -2.16. The predicted octanol–water partition coefficient (Wildman–Crippen LogP) is 0.678. The van der Waals surface area contributed by atoms with Crippen molar-refractivity contribution in [2.75, 3.05) is 52.4 Å². The van der Waals surface area contributed by atoms with E-state index in [-0.39, 0.29) is 23.7 Å². The first-order valence-electron chi connectivity index (χ1n) is 12.0. The van der Waals surface area contributed by atoms with Gasteiger partial charge < -0.3 is 25.5 Å². The van der Waals surface area contributed by atoms with Gasteiger partial charge in [0.05, 0.1) is 11.8 Å². The number of rotatable bonds is 2. The number of carbonyl (C=O) groups is 3. The first-order valence-corrected chi connectivity index (χ1v) is 12.0. The molecule has 6 aliphatic rings. The molecule has 3 N–H and O–H groups in total. The largest absolute Gasteiger partial charge is 0.490 e. The molecular formula is C22H31F5N4O4. The van der Waals surface area contributed by atoms with Crippen LogP contribution < -0.4 is 10.6 Å². The number of fused-ring (bicyclic) bond motifs is 2. The van der Waals surface area contributed by atoms with Gasteiger partial charge in [-0.1, -0.05) is 0 Å². The van der Waals surface area contributed by atoms with Gasteiger partial charge in [-0.3, -0.25) is 9.59 Å². The lowest BCUT2D eigenvalue weighted by atomic mass is 10.0. The Labute approximate surface area is 199 Å². The van der Waals surface area contributed by atoms with Crippen molar-refractivity contribution in [2.45, 2.75) is 31.4 Å². The summed E-state index contributed by atoms with van der Waals surface area (Å²) in [4.78, 5) is 36.1. The van der Waals surface area contributed by atoms with Crippen LogP contribution in [0.15, 0.2) is 0 Å². The topological polar surface area (TPSA) is 102 Å². The van der Waals surface area contributed by atoms with Gasteiger partial charge in [-0.05, 0) is 36.5 Å². The average molecular weight is 511 g/mol. The van der Waals surface area contributed by atoms with Crippen LogP contribution >= 0.6 is 0 Å². The van der Waals surface area contributed by atoms with Crippen LogP contribution in [0.4, 0.5) is 22.0 Å². The quantitative estimate of drug-likeness (QED) is 0.473. The van der Waals surface area contributed by atoms with Crippen LogP contribution in [0.5, 0.6) is 0 Å². The minimum atomic E-state index is -5.08. The highest BCUT2D eigenvalue weighted by atomic mass is 19.4. The van der Waals surface area contributed by atoms with Crippen LogP contribution in [-0.4, -0.2) is 104 Å². The van der Waals surface area contributed by atoms with Crippen molar-refractivity contribution in [3.63, 3.8) is 0 Å². The second-order valence-corrected chi connectivity index (χ2v) is 10.4. The Bertz CT molecular complexity index is 752. The lowest BCUT2D eigenvalue weighted by molar-refractivity contribution is -0.192. The predicted molar refractivity (Wildman–Crippen MR) is 113 cm³/mol. The second kappa shape index (κ2) is 10.2. The lowest BCUT2D eigenvalue weighted by Crippen LogP contribution is -2.33. The third-order valence-corrected chi connectivity index (χ3v) is 7.70. The highest BCUT2D eigenvalue weighted by Crippen LogP contribution is 2.39. The Morgan fingerprint density at radius 2 is 0.943 bits per heavy atom. The van der Waals surface area contributed by atoms with Crippen LogP contribution in [0, 0.1) is 35.5 Å². The molecule has 4 unspecified atom stereocenters. The summed E-state index contributed by atoms with van der Waals surface area (Å²) >= 11 is 0. The van der Waals surface area contributed by atoms with E-state index in [4.69, 9.17) is 9.90 Å². The van der Waals surface area contributed by atoms with Crippen LogP contribution in [0.1, 0.15) is 12.8 Å². The number of alkyl halides is 5.